The first kappa shape index (κ1) is 16.7. The molecule has 1 amide bonds. The summed E-state index contributed by atoms with van der Waals surface area (Å²) in [7, 11) is 0. The minimum Gasteiger partial charge on any atom is -0.349 e. The van der Waals surface area contributed by atoms with Gasteiger partial charge in [-0.05, 0) is 25.3 Å². The largest absolute Gasteiger partial charge is 0.349 e. The molecule has 1 N–H and O–H groups in total. The number of hydrogen-bond acceptors (Lipinski definition) is 1. The van der Waals surface area contributed by atoms with Gasteiger partial charge in [0, 0.05) is 17.1 Å². The van der Waals surface area contributed by atoms with Crippen LogP contribution in [0.5, 0.6) is 0 Å². The molecule has 0 radical (unpaired) electrons. The summed E-state index contributed by atoms with van der Waals surface area (Å²) in [5, 5.41) is 4.65. The van der Waals surface area contributed by atoms with E-state index in [9.17, 15) is 4.79 Å². The molecule has 19 heavy (non-hydrogen) atoms. The second kappa shape index (κ2) is 8.05. The maximum absolute atomic E-state index is 12.0. The van der Waals surface area contributed by atoms with Gasteiger partial charge in [-0.2, -0.15) is 0 Å². The molecule has 0 saturated heterocycles. The summed E-state index contributed by atoms with van der Waals surface area (Å²) in [4.78, 5) is 12.0. The molecule has 0 heterocycles. The zero-order chi connectivity index (χ0) is 14.3. The number of nitrogens with one attached hydrogen (secondary N) is 1. The lowest BCUT2D eigenvalue weighted by Crippen LogP contribution is -2.51. The molecule has 1 aromatic carbocycles. The minimum atomic E-state index is -0.176. The Morgan fingerprint density at radius 3 is 2.26 bits per heavy atom. The summed E-state index contributed by atoms with van der Waals surface area (Å²) in [5.41, 5.74) is 2.28. The van der Waals surface area contributed by atoms with Gasteiger partial charge in [-0.3, -0.25) is 4.79 Å². The molecule has 4 heteroatoms. The predicted molar refractivity (Wildman–Crippen MR) is 88.3 cm³/mol. The molecule has 106 valence electrons. The summed E-state index contributed by atoms with van der Waals surface area (Å²) in [6.45, 7) is 4.15. The molecule has 1 rings (SSSR count). The van der Waals surface area contributed by atoms with Gasteiger partial charge in [-0.1, -0.05) is 68.6 Å². The maximum atomic E-state index is 12.0. The lowest BCUT2D eigenvalue weighted by molar-refractivity contribution is -0.122. The van der Waals surface area contributed by atoms with Crippen molar-refractivity contribution in [2.75, 3.05) is 10.7 Å². The highest BCUT2D eigenvalue weighted by Gasteiger charge is 2.27. The normalized spacial score (nSPS) is 11.4. The van der Waals surface area contributed by atoms with Crippen LogP contribution in [0.3, 0.4) is 0 Å². The number of halogens is 2. The molecule has 0 spiro atoms. The van der Waals surface area contributed by atoms with Gasteiger partial charge in [0.25, 0.3) is 0 Å². The maximum Gasteiger partial charge on any atom is 0.220 e. The highest BCUT2D eigenvalue weighted by molar-refractivity contribution is 9.09. The number of aryl methyl sites for hydroxylation is 2. The molecule has 0 unspecified atom stereocenters. The third-order valence-electron chi connectivity index (χ3n) is 3.35. The fourth-order valence-electron chi connectivity index (χ4n) is 1.75. The van der Waals surface area contributed by atoms with Crippen LogP contribution >= 0.6 is 31.9 Å². The number of hydrogen-bond donors (Lipinski definition) is 1. The smallest absolute Gasteiger partial charge is 0.220 e. The summed E-state index contributed by atoms with van der Waals surface area (Å²) in [6.07, 6.45) is 2.22. The molecular weight excluding hydrogens is 370 g/mol. The number of rotatable bonds is 7. The molecular formula is C15H21Br2NO. The molecule has 2 nitrogen and oxygen atoms in total. The fraction of sp³-hybridized carbons (Fsp3) is 0.533. The number of alkyl halides is 2. The van der Waals surface area contributed by atoms with Crippen LogP contribution in [0.15, 0.2) is 24.3 Å². The highest BCUT2D eigenvalue weighted by Crippen LogP contribution is 2.17. The van der Waals surface area contributed by atoms with Gasteiger partial charge in [0.2, 0.25) is 5.91 Å². The topological polar surface area (TPSA) is 29.1 Å². The van der Waals surface area contributed by atoms with Crippen molar-refractivity contribution in [1.82, 2.24) is 5.32 Å². The zero-order valence-corrected chi connectivity index (χ0v) is 14.7. The Kier molecular flexibility index (Phi) is 7.08. The molecule has 0 aliphatic carbocycles. The van der Waals surface area contributed by atoms with E-state index < -0.39 is 0 Å². The summed E-state index contributed by atoms with van der Waals surface area (Å²) in [6, 6.07) is 8.34. The second-order valence-corrected chi connectivity index (χ2v) is 6.06. The van der Waals surface area contributed by atoms with Crippen molar-refractivity contribution in [3.8, 4) is 0 Å². The Morgan fingerprint density at radius 1 is 1.21 bits per heavy atom. The molecule has 0 aromatic heterocycles. The Hall–Kier alpha value is -0.350. The minimum absolute atomic E-state index is 0.112. The monoisotopic (exact) mass is 389 g/mol. The summed E-state index contributed by atoms with van der Waals surface area (Å²) in [5.74, 6) is 0.112. The summed E-state index contributed by atoms with van der Waals surface area (Å²) >= 11 is 6.96. The average molecular weight is 391 g/mol. The van der Waals surface area contributed by atoms with Gasteiger partial charge in [-0.25, -0.2) is 0 Å². The quantitative estimate of drug-likeness (QED) is 0.701. The first-order chi connectivity index (χ1) is 9.05. The zero-order valence-electron chi connectivity index (χ0n) is 11.5. The molecule has 0 saturated carbocycles. The van der Waals surface area contributed by atoms with Crippen LogP contribution in [-0.2, 0) is 11.2 Å². The van der Waals surface area contributed by atoms with E-state index in [1.54, 1.807) is 0 Å². The molecule has 0 aliphatic rings. The SMILES string of the molecule is CCC(CBr)(CBr)NC(=O)CCc1ccc(C)cc1. The van der Waals surface area contributed by atoms with Crippen LogP contribution in [0, 0.1) is 6.92 Å². The van der Waals surface area contributed by atoms with Crippen LogP contribution in [0.4, 0.5) is 0 Å². The third kappa shape index (κ3) is 5.27. The van der Waals surface area contributed by atoms with Crippen LogP contribution < -0.4 is 5.32 Å². The van der Waals surface area contributed by atoms with Gasteiger partial charge in [0.05, 0.1) is 5.54 Å². The van der Waals surface area contributed by atoms with E-state index in [1.807, 2.05) is 0 Å². The van der Waals surface area contributed by atoms with Crippen LogP contribution in [-0.4, -0.2) is 22.1 Å². The van der Waals surface area contributed by atoms with E-state index in [4.69, 9.17) is 0 Å². The standard InChI is InChI=1S/C15H21Br2NO/c1-3-15(10-16,11-17)18-14(19)9-8-13-6-4-12(2)5-7-13/h4-7H,3,8-11H2,1-2H3,(H,18,19). The lowest BCUT2D eigenvalue weighted by atomic mass is 10.0. The van der Waals surface area contributed by atoms with Gasteiger partial charge >= 0.3 is 0 Å². The van der Waals surface area contributed by atoms with Crippen molar-refractivity contribution >= 4 is 37.8 Å². The molecule has 0 atom stereocenters. The Labute approximate surface area is 132 Å². The fourth-order valence-corrected chi connectivity index (χ4v) is 3.75. The van der Waals surface area contributed by atoms with E-state index in [0.29, 0.717) is 6.42 Å². The first-order valence-corrected chi connectivity index (χ1v) is 8.78. The molecule has 0 aliphatic heterocycles. The van der Waals surface area contributed by atoms with Gasteiger partial charge < -0.3 is 5.32 Å². The second-order valence-electron chi connectivity index (χ2n) is 4.93. The highest BCUT2D eigenvalue weighted by atomic mass is 79.9. The van der Waals surface area contributed by atoms with Crippen LogP contribution in [0.2, 0.25) is 0 Å². The molecule has 0 bridgehead atoms. The molecule has 0 fully saturated rings. The Balaban J connectivity index is 2.49. The lowest BCUT2D eigenvalue weighted by Gasteiger charge is -2.30. The number of amides is 1. The van der Waals surface area contributed by atoms with E-state index in [1.165, 1.54) is 11.1 Å². The number of carbonyl (C=O) groups is 1. The van der Waals surface area contributed by atoms with Gasteiger partial charge in [0.1, 0.15) is 0 Å². The van der Waals surface area contributed by atoms with E-state index in [-0.39, 0.29) is 11.4 Å². The van der Waals surface area contributed by atoms with Crippen molar-refractivity contribution in [1.29, 1.82) is 0 Å². The number of benzene rings is 1. The van der Waals surface area contributed by atoms with Gasteiger partial charge in [0.15, 0.2) is 0 Å². The van der Waals surface area contributed by atoms with Crippen molar-refractivity contribution in [2.24, 2.45) is 0 Å². The molecule has 1 aromatic rings. The third-order valence-corrected chi connectivity index (χ3v) is 5.50. The van der Waals surface area contributed by atoms with E-state index in [0.717, 1.165) is 23.5 Å². The van der Waals surface area contributed by atoms with Crippen molar-refractivity contribution < 1.29 is 4.79 Å². The first-order valence-electron chi connectivity index (χ1n) is 6.53. The number of carbonyl (C=O) groups excluding carboxylic acids is 1. The Morgan fingerprint density at radius 2 is 1.79 bits per heavy atom. The van der Waals surface area contributed by atoms with E-state index in [2.05, 4.69) is 75.3 Å². The average Bonchev–Trinajstić information content (AvgIpc) is 2.44. The van der Waals surface area contributed by atoms with Crippen LogP contribution in [0.25, 0.3) is 0 Å². The van der Waals surface area contributed by atoms with E-state index >= 15 is 0 Å². The summed E-state index contributed by atoms with van der Waals surface area (Å²) < 4.78 is 0. The van der Waals surface area contributed by atoms with Crippen LogP contribution in [0.1, 0.15) is 30.9 Å². The van der Waals surface area contributed by atoms with Crippen molar-refractivity contribution in [3.63, 3.8) is 0 Å². The van der Waals surface area contributed by atoms with Crippen molar-refractivity contribution in [2.45, 2.75) is 38.6 Å². The predicted octanol–water partition coefficient (Wildman–Crippen LogP) is 3.98. The van der Waals surface area contributed by atoms with Crippen molar-refractivity contribution in [3.05, 3.63) is 35.4 Å². The van der Waals surface area contributed by atoms with Gasteiger partial charge in [-0.15, -0.1) is 0 Å². The Bertz CT molecular complexity index is 391.